The molecule has 2 heteroatoms. The van der Waals surface area contributed by atoms with Gasteiger partial charge in [0.25, 0.3) is 0 Å². The quantitative estimate of drug-likeness (QED) is 0.117. The molecule has 0 bridgehead atoms. The minimum absolute atomic E-state index is 0.843. The molecule has 57 heavy (non-hydrogen) atoms. The summed E-state index contributed by atoms with van der Waals surface area (Å²) < 4.78 is 8.64. The second-order valence-electron chi connectivity index (χ2n) is 14.4. The van der Waals surface area contributed by atoms with Gasteiger partial charge in [-0.2, -0.15) is 0 Å². The maximum absolute atomic E-state index is 6.19. The van der Waals surface area contributed by atoms with Gasteiger partial charge in [0, 0.05) is 27.9 Å². The number of aromatic nitrogens is 1. The zero-order valence-corrected chi connectivity index (χ0v) is 34.4. The smallest absolute Gasteiger partial charge is 0.134 e. The van der Waals surface area contributed by atoms with Crippen molar-refractivity contribution in [2.24, 2.45) is 0 Å². The molecular weight excluding hydrogens is 691 g/mol. The Kier molecular flexibility index (Phi) is 11.4. The highest BCUT2D eigenvalue weighted by Crippen LogP contribution is 2.40. The Morgan fingerprint density at radius 2 is 1.46 bits per heavy atom. The van der Waals surface area contributed by atoms with Crippen LogP contribution in [0.1, 0.15) is 86.1 Å². The minimum Gasteiger partial charge on any atom is -0.456 e. The molecule has 2 aromatic heterocycles. The third-order valence-corrected chi connectivity index (χ3v) is 11.2. The average Bonchev–Trinajstić information content (AvgIpc) is 3.78. The summed E-state index contributed by atoms with van der Waals surface area (Å²) in [6.07, 6.45) is 15.8. The molecule has 9 rings (SSSR count). The lowest BCUT2D eigenvalue weighted by Crippen LogP contribution is -1.98. The minimum atomic E-state index is 0.843. The average molecular weight is 744 g/mol. The van der Waals surface area contributed by atoms with Crippen LogP contribution in [0.15, 0.2) is 139 Å². The molecule has 0 saturated carbocycles. The van der Waals surface area contributed by atoms with E-state index >= 15 is 0 Å². The maximum atomic E-state index is 6.19. The van der Waals surface area contributed by atoms with Crippen molar-refractivity contribution in [1.29, 1.82) is 0 Å². The van der Waals surface area contributed by atoms with Gasteiger partial charge in [-0.1, -0.05) is 124 Å². The molecule has 0 spiro atoms. The highest BCUT2D eigenvalue weighted by atomic mass is 16.3. The predicted molar refractivity (Wildman–Crippen MR) is 252 cm³/mol. The van der Waals surface area contributed by atoms with E-state index in [-0.39, 0.29) is 0 Å². The molecule has 1 aliphatic carbocycles. The van der Waals surface area contributed by atoms with Crippen LogP contribution in [0.4, 0.5) is 0 Å². The molecule has 0 amide bonds. The summed E-state index contributed by atoms with van der Waals surface area (Å²) in [7, 11) is 0. The van der Waals surface area contributed by atoms with Gasteiger partial charge in [0.05, 0.1) is 5.52 Å². The third kappa shape index (κ3) is 6.91. The molecule has 6 aromatic carbocycles. The largest absolute Gasteiger partial charge is 0.456 e. The fourth-order valence-electron chi connectivity index (χ4n) is 8.61. The van der Waals surface area contributed by atoms with Gasteiger partial charge in [-0.15, -0.1) is 13.2 Å². The van der Waals surface area contributed by atoms with Crippen molar-refractivity contribution in [3.63, 3.8) is 0 Å². The third-order valence-electron chi connectivity index (χ3n) is 11.2. The van der Waals surface area contributed by atoms with Crippen LogP contribution in [-0.4, -0.2) is 4.57 Å². The van der Waals surface area contributed by atoms with E-state index in [2.05, 4.69) is 186 Å². The second kappa shape index (κ2) is 16.8. The van der Waals surface area contributed by atoms with Crippen LogP contribution in [0, 0.1) is 6.92 Å². The lowest BCUT2D eigenvalue weighted by atomic mass is 9.91. The number of allylic oxidation sites excluding steroid dienone is 3. The molecule has 284 valence electrons. The topological polar surface area (TPSA) is 18.1 Å². The van der Waals surface area contributed by atoms with E-state index in [9.17, 15) is 0 Å². The Hall–Kier alpha value is -6.38. The van der Waals surface area contributed by atoms with Gasteiger partial charge in [0.2, 0.25) is 0 Å². The van der Waals surface area contributed by atoms with Crippen LogP contribution in [0.3, 0.4) is 0 Å². The normalized spacial score (nSPS) is 12.5. The number of benzene rings is 6. The highest BCUT2D eigenvalue weighted by Gasteiger charge is 2.20. The van der Waals surface area contributed by atoms with Crippen LogP contribution in [0.5, 0.6) is 0 Å². The summed E-state index contributed by atoms with van der Waals surface area (Å²) in [6, 6.07) is 38.7. The van der Waals surface area contributed by atoms with Crippen molar-refractivity contribution in [3.8, 4) is 16.8 Å². The second-order valence-corrected chi connectivity index (χ2v) is 14.4. The fraction of sp³-hybridized carbons (Fsp3) is 0.164. The number of nitrogens with zero attached hydrogens (tertiary/aromatic N) is 1. The van der Waals surface area contributed by atoms with Crippen molar-refractivity contribution >= 4 is 73.1 Å². The predicted octanol–water partition coefficient (Wildman–Crippen LogP) is 16.2. The van der Waals surface area contributed by atoms with Crippen molar-refractivity contribution in [3.05, 3.63) is 180 Å². The fourth-order valence-corrected chi connectivity index (χ4v) is 8.61. The lowest BCUT2D eigenvalue weighted by Gasteiger charge is -2.14. The molecule has 1 aliphatic rings. The van der Waals surface area contributed by atoms with Crippen molar-refractivity contribution in [1.82, 2.24) is 4.57 Å². The molecule has 0 aliphatic heterocycles. The Morgan fingerprint density at radius 3 is 2.18 bits per heavy atom. The molecule has 2 heterocycles. The summed E-state index contributed by atoms with van der Waals surface area (Å²) in [5, 5.41) is 9.09. The van der Waals surface area contributed by atoms with Crippen molar-refractivity contribution in [2.75, 3.05) is 0 Å². The molecule has 0 unspecified atom stereocenters. The molecule has 0 atom stereocenters. The van der Waals surface area contributed by atoms with Crippen LogP contribution >= 0.6 is 0 Å². The van der Waals surface area contributed by atoms with Gasteiger partial charge >= 0.3 is 0 Å². The van der Waals surface area contributed by atoms with E-state index in [1.54, 1.807) is 0 Å². The first-order valence-electron chi connectivity index (χ1n) is 20.4. The van der Waals surface area contributed by atoms with Crippen LogP contribution in [0.25, 0.3) is 89.9 Å². The molecule has 8 aromatic rings. The maximum Gasteiger partial charge on any atom is 0.134 e. The Bertz CT molecular complexity index is 2860. The monoisotopic (exact) mass is 743 g/mol. The molecular formula is C55H53NO. The van der Waals surface area contributed by atoms with Gasteiger partial charge in [0.15, 0.2) is 0 Å². The van der Waals surface area contributed by atoms with E-state index in [1.807, 2.05) is 19.9 Å². The number of hydrogen-bond acceptors (Lipinski definition) is 1. The van der Waals surface area contributed by atoms with Gasteiger partial charge in [0.1, 0.15) is 11.5 Å². The standard InChI is InChI=1S/C51H43NO.C2H6.C2H4/c1-6-14-48-38(7-2)43-26-22-34(33(5)28-47-44-19-11-12-20-51(44)53-50(47)8-3)31-49(43)52(48)37-16-13-15-35(29-37)36-23-25-42-41-24-21-32(4)27-45(41)39-17-9-10-18-40(39)46(42)30-36;2*1-2/h6,8-10,12-18,20-31H,3,7,11,19H2,1-2,4-5H3;1-2H3;1-2H2/b14-6-,33-28+;;. The SMILES string of the molecule is C=C.C=Cc1oc2c(c1/C=C(\C)c1ccc3c(CC)c(/C=C\C)n(-c4cccc(-c5ccc6c7ccc(C)cc7c7ccccc7c6c5)c4)c3c1)CCC=C2.CC. The first-order valence-corrected chi connectivity index (χ1v) is 20.4. The summed E-state index contributed by atoms with van der Waals surface area (Å²) in [5.74, 6) is 1.80. The first-order chi connectivity index (χ1) is 28.0. The zero-order valence-electron chi connectivity index (χ0n) is 34.4. The Labute approximate surface area is 338 Å². The number of aryl methyl sites for hydroxylation is 2. The summed E-state index contributed by atoms with van der Waals surface area (Å²) in [4.78, 5) is 0. The lowest BCUT2D eigenvalue weighted by molar-refractivity contribution is 0.541. The Morgan fingerprint density at radius 1 is 0.772 bits per heavy atom. The zero-order chi connectivity index (χ0) is 40.2. The number of rotatable bonds is 7. The number of fused-ring (bicyclic) bond motifs is 8. The van der Waals surface area contributed by atoms with E-state index in [4.69, 9.17) is 4.42 Å². The molecule has 0 fully saturated rings. The number of hydrogen-bond donors (Lipinski definition) is 0. The summed E-state index contributed by atoms with van der Waals surface area (Å²) >= 11 is 0. The molecule has 0 N–H and O–H groups in total. The highest BCUT2D eigenvalue weighted by molar-refractivity contribution is 6.25. The Balaban J connectivity index is 0.00000120. The van der Waals surface area contributed by atoms with Gasteiger partial charge in [-0.05, 0) is 149 Å². The number of furan rings is 1. The first kappa shape index (κ1) is 38.9. The van der Waals surface area contributed by atoms with E-state index in [0.29, 0.717) is 0 Å². The summed E-state index contributed by atoms with van der Waals surface area (Å²) in [6.45, 7) is 22.8. The van der Waals surface area contributed by atoms with Gasteiger partial charge in [-0.25, -0.2) is 0 Å². The van der Waals surface area contributed by atoms with Crippen LogP contribution in [0.2, 0.25) is 0 Å². The van der Waals surface area contributed by atoms with Gasteiger partial charge in [-0.3, -0.25) is 0 Å². The van der Waals surface area contributed by atoms with E-state index in [1.165, 1.54) is 87.9 Å². The van der Waals surface area contributed by atoms with E-state index < -0.39 is 0 Å². The summed E-state index contributed by atoms with van der Waals surface area (Å²) in [5.41, 5.74) is 13.5. The van der Waals surface area contributed by atoms with Crippen molar-refractivity contribution in [2.45, 2.75) is 60.8 Å². The molecule has 0 radical (unpaired) electrons. The van der Waals surface area contributed by atoms with Gasteiger partial charge < -0.3 is 8.98 Å². The van der Waals surface area contributed by atoms with Crippen molar-refractivity contribution < 1.29 is 4.42 Å². The molecule has 0 saturated heterocycles. The van der Waals surface area contributed by atoms with Crippen LogP contribution in [-0.2, 0) is 12.8 Å². The van der Waals surface area contributed by atoms with Crippen LogP contribution < -0.4 is 0 Å². The molecule has 2 nitrogen and oxygen atoms in total. The van der Waals surface area contributed by atoms with E-state index in [0.717, 1.165) is 42.0 Å².